The molecule has 0 aromatic heterocycles. The third-order valence-corrected chi connectivity index (χ3v) is 3.84. The topological polar surface area (TPSA) is 152 Å². The second-order valence-electron chi connectivity index (χ2n) is 7.67. The Morgan fingerprint density at radius 2 is 1.07 bits per heavy atom. The number of hydrogen-bond donors (Lipinski definition) is 4. The van der Waals surface area contributed by atoms with Gasteiger partial charge in [-0.15, -0.1) is 0 Å². The predicted octanol–water partition coefficient (Wildman–Crippen LogP) is -3.41. The number of benzene rings is 1. The van der Waals surface area contributed by atoms with Crippen molar-refractivity contribution in [1.82, 2.24) is 0 Å². The van der Waals surface area contributed by atoms with E-state index in [9.17, 15) is 20.4 Å². The van der Waals surface area contributed by atoms with Crippen LogP contribution in [0.25, 0.3) is 0 Å². The van der Waals surface area contributed by atoms with Crippen LogP contribution in [0.15, 0.2) is 34.5 Å². The van der Waals surface area contributed by atoms with Gasteiger partial charge in [0.1, 0.15) is 25.3 Å². The molecule has 2 atom stereocenters. The van der Waals surface area contributed by atoms with Crippen LogP contribution in [0.4, 0.5) is 0 Å². The molecule has 10 heteroatoms. The maximum atomic E-state index is 12.3. The quantitative estimate of drug-likeness (QED) is 0.139. The Kier molecular flexibility index (Phi) is 8.48. The molecule has 0 spiro atoms. The molecular formula is C18H30N4O6. The van der Waals surface area contributed by atoms with E-state index in [4.69, 9.17) is 10.2 Å². The zero-order chi connectivity index (χ0) is 21.5. The number of nitrogens with zero attached hydrogens (tertiary/aromatic N) is 4. The Hall–Kier alpha value is -2.08. The summed E-state index contributed by atoms with van der Waals surface area (Å²) in [6.45, 7) is -0.694. The van der Waals surface area contributed by atoms with Crippen LogP contribution < -0.4 is 10.2 Å². The minimum absolute atomic E-state index is 0.0738. The lowest BCUT2D eigenvalue weighted by Crippen LogP contribution is -2.44. The van der Waals surface area contributed by atoms with Crippen LogP contribution in [-0.2, 0) is 0 Å². The smallest absolute Gasteiger partial charge is 0.131 e. The van der Waals surface area contributed by atoms with Crippen molar-refractivity contribution in [2.75, 3.05) is 54.5 Å². The standard InChI is InChI=1S/C18H30N4O6/c1-21(2,9-15(25)11-23)19-17(27)13-5-7-14(8-6-13)18(28)20-22(3,4)10-16(26)12-24/h5-8,15-16,23-26H,9-12H2,1-4H3/t15-,16-/m1/s1. The third kappa shape index (κ3) is 7.89. The van der Waals surface area contributed by atoms with E-state index >= 15 is 0 Å². The summed E-state index contributed by atoms with van der Waals surface area (Å²) in [4.78, 5) is 0. The number of likely N-dealkylation sites (N-methyl/N-ethyl adjacent to an activating group) is 2. The van der Waals surface area contributed by atoms with Gasteiger partial charge in [-0.1, -0.05) is 34.5 Å². The lowest BCUT2D eigenvalue weighted by Gasteiger charge is -2.27. The Morgan fingerprint density at radius 3 is 1.32 bits per heavy atom. The first kappa shape index (κ1) is 24.0. The van der Waals surface area contributed by atoms with Gasteiger partial charge in [-0.2, -0.15) is 0 Å². The zero-order valence-corrected chi connectivity index (χ0v) is 16.7. The van der Waals surface area contributed by atoms with Gasteiger partial charge in [0, 0.05) is 0 Å². The molecule has 1 aromatic carbocycles. The SMILES string of the molecule is C[N+](C)(C[C@@H](O)CO)N=C([O-])c1ccc(C([O-])=N[N+](C)(C)C[C@@H](O)CO)cc1. The van der Waals surface area contributed by atoms with Gasteiger partial charge >= 0.3 is 0 Å². The fourth-order valence-electron chi connectivity index (χ4n) is 2.59. The van der Waals surface area contributed by atoms with Gasteiger partial charge < -0.3 is 30.6 Å². The molecule has 0 saturated heterocycles. The van der Waals surface area contributed by atoms with E-state index in [1.807, 2.05) is 0 Å². The molecule has 0 bridgehead atoms. The maximum Gasteiger partial charge on any atom is 0.131 e. The maximum absolute atomic E-state index is 12.3. The van der Waals surface area contributed by atoms with E-state index in [2.05, 4.69) is 10.2 Å². The summed E-state index contributed by atoms with van der Waals surface area (Å²) in [6, 6.07) is 5.83. The molecule has 0 fully saturated rings. The first-order valence-electron chi connectivity index (χ1n) is 8.78. The summed E-state index contributed by atoms with van der Waals surface area (Å²) in [7, 11) is 6.48. The molecule has 0 amide bonds. The van der Waals surface area contributed by atoms with Crippen molar-refractivity contribution in [3.8, 4) is 0 Å². The molecule has 4 N–H and O–H groups in total. The van der Waals surface area contributed by atoms with Gasteiger partial charge in [0.15, 0.2) is 0 Å². The van der Waals surface area contributed by atoms with E-state index < -0.39 is 37.2 Å². The highest BCUT2D eigenvalue weighted by Gasteiger charge is 2.21. The number of aliphatic hydroxyl groups is 4. The lowest BCUT2D eigenvalue weighted by molar-refractivity contribution is -0.901. The minimum atomic E-state index is -0.987. The fraction of sp³-hybridized carbons (Fsp3) is 0.556. The summed E-state index contributed by atoms with van der Waals surface area (Å²) in [5, 5.41) is 69.5. The molecule has 0 unspecified atom stereocenters. The molecule has 158 valence electrons. The van der Waals surface area contributed by atoms with Crippen LogP contribution in [0.3, 0.4) is 0 Å². The number of hydrogen-bond acceptors (Lipinski definition) is 8. The van der Waals surface area contributed by atoms with E-state index in [0.717, 1.165) is 0 Å². The highest BCUT2D eigenvalue weighted by atomic mass is 16.3. The molecule has 0 aliphatic carbocycles. The highest BCUT2D eigenvalue weighted by Crippen LogP contribution is 2.09. The van der Waals surface area contributed by atoms with Gasteiger partial charge in [0.25, 0.3) is 0 Å². The monoisotopic (exact) mass is 398 g/mol. The molecule has 1 aromatic rings. The van der Waals surface area contributed by atoms with Gasteiger partial charge in [-0.05, 0) is 11.1 Å². The number of quaternary nitrogens is 2. The second-order valence-corrected chi connectivity index (χ2v) is 7.67. The van der Waals surface area contributed by atoms with Gasteiger partial charge in [-0.25, -0.2) is 9.18 Å². The van der Waals surface area contributed by atoms with Crippen molar-refractivity contribution >= 4 is 11.8 Å². The van der Waals surface area contributed by atoms with E-state index in [1.165, 1.54) is 24.3 Å². The largest absolute Gasteiger partial charge is 0.855 e. The van der Waals surface area contributed by atoms with Crippen molar-refractivity contribution in [3.05, 3.63) is 35.4 Å². The Bertz CT molecular complexity index is 629. The van der Waals surface area contributed by atoms with Gasteiger partial charge in [-0.3, -0.25) is 0 Å². The Morgan fingerprint density at radius 1 is 0.786 bits per heavy atom. The Labute approximate surface area is 164 Å². The third-order valence-electron chi connectivity index (χ3n) is 3.84. The average molecular weight is 398 g/mol. The lowest BCUT2D eigenvalue weighted by atomic mass is 10.1. The van der Waals surface area contributed by atoms with Crippen molar-refractivity contribution in [1.29, 1.82) is 0 Å². The second kappa shape index (κ2) is 9.92. The van der Waals surface area contributed by atoms with Crippen LogP contribution in [0.2, 0.25) is 0 Å². The Balaban J connectivity index is 2.95. The molecule has 10 nitrogen and oxygen atoms in total. The van der Waals surface area contributed by atoms with Crippen molar-refractivity contribution in [2.45, 2.75) is 12.2 Å². The van der Waals surface area contributed by atoms with E-state index in [0.29, 0.717) is 0 Å². The van der Waals surface area contributed by atoms with E-state index in [-0.39, 0.29) is 33.4 Å². The van der Waals surface area contributed by atoms with Crippen molar-refractivity contribution in [2.24, 2.45) is 10.2 Å². The van der Waals surface area contributed by atoms with Crippen LogP contribution in [0, 0.1) is 0 Å². The van der Waals surface area contributed by atoms with Crippen LogP contribution in [0.1, 0.15) is 11.1 Å². The summed E-state index contributed by atoms with van der Waals surface area (Å²) < 4.78 is -0.315. The first-order valence-corrected chi connectivity index (χ1v) is 8.78. The number of aliphatic hydroxyl groups excluding tert-OH is 4. The summed E-state index contributed by atoms with van der Waals surface area (Å²) in [6.07, 6.45) is -1.97. The predicted molar refractivity (Wildman–Crippen MR) is 99.7 cm³/mol. The molecule has 0 aliphatic rings. The summed E-state index contributed by atoms with van der Waals surface area (Å²) in [5.74, 6) is -1.04. The van der Waals surface area contributed by atoms with Crippen molar-refractivity contribution in [3.63, 3.8) is 0 Å². The summed E-state index contributed by atoms with van der Waals surface area (Å²) in [5.41, 5.74) is 0.538. The number of rotatable bonds is 10. The highest BCUT2D eigenvalue weighted by molar-refractivity contribution is 5.94. The molecular weight excluding hydrogens is 368 g/mol. The molecule has 1 rings (SSSR count). The summed E-state index contributed by atoms with van der Waals surface area (Å²) >= 11 is 0. The minimum Gasteiger partial charge on any atom is -0.855 e. The fourth-order valence-corrected chi connectivity index (χ4v) is 2.59. The average Bonchev–Trinajstić information content (AvgIpc) is 2.59. The zero-order valence-electron chi connectivity index (χ0n) is 16.7. The van der Waals surface area contributed by atoms with Crippen LogP contribution in [0.5, 0.6) is 0 Å². The first-order chi connectivity index (χ1) is 12.9. The molecule has 0 radical (unpaired) electrons. The van der Waals surface area contributed by atoms with Crippen molar-refractivity contribution < 1.29 is 39.8 Å². The molecule has 28 heavy (non-hydrogen) atoms. The normalized spacial score (nSPS) is 16.1. The molecule has 0 heterocycles. The van der Waals surface area contributed by atoms with Gasteiger partial charge in [0.2, 0.25) is 0 Å². The molecule has 0 saturated carbocycles. The van der Waals surface area contributed by atoms with E-state index in [1.54, 1.807) is 28.2 Å². The van der Waals surface area contributed by atoms with Crippen LogP contribution >= 0.6 is 0 Å². The molecule has 0 aliphatic heterocycles. The van der Waals surface area contributed by atoms with Gasteiger partial charge in [0.05, 0.1) is 53.2 Å². The van der Waals surface area contributed by atoms with Crippen LogP contribution in [-0.4, -0.2) is 108 Å².